The topological polar surface area (TPSA) is 95.1 Å². The van der Waals surface area contributed by atoms with Crippen LogP contribution < -0.4 is 11.1 Å². The number of carbonyl (C=O) groups is 1. The molecule has 0 fully saturated rings. The van der Waals surface area contributed by atoms with E-state index in [0.29, 0.717) is 30.2 Å². The number of carbonyl (C=O) groups excluding carboxylic acids is 1. The second-order valence-electron chi connectivity index (χ2n) is 4.21. The summed E-state index contributed by atoms with van der Waals surface area (Å²) in [6.45, 7) is 2.56. The molecule has 7 heteroatoms. The van der Waals surface area contributed by atoms with Crippen molar-refractivity contribution in [2.75, 3.05) is 17.7 Å². The summed E-state index contributed by atoms with van der Waals surface area (Å²) in [6.07, 6.45) is 3.30. The summed E-state index contributed by atoms with van der Waals surface area (Å²) in [6, 6.07) is 3.48. The number of aromatic nitrogens is 3. The fourth-order valence-corrected chi connectivity index (χ4v) is 1.69. The molecule has 2 aromatic heterocycles. The lowest BCUT2D eigenvalue weighted by Crippen LogP contribution is -2.10. The van der Waals surface area contributed by atoms with Crippen molar-refractivity contribution in [1.82, 2.24) is 14.8 Å². The largest absolute Gasteiger partial charge is 0.462 e. The van der Waals surface area contributed by atoms with E-state index in [9.17, 15) is 4.79 Å². The molecule has 0 unspecified atom stereocenters. The number of hydrogen-bond donors (Lipinski definition) is 2. The van der Waals surface area contributed by atoms with Gasteiger partial charge in [-0.05, 0) is 19.1 Å². The first-order valence-electron chi connectivity index (χ1n) is 6.25. The molecule has 0 bridgehead atoms. The second-order valence-corrected chi connectivity index (χ2v) is 4.21. The van der Waals surface area contributed by atoms with Gasteiger partial charge in [0.1, 0.15) is 5.82 Å². The van der Waals surface area contributed by atoms with Crippen LogP contribution in [0, 0.1) is 0 Å². The number of aryl methyl sites for hydroxylation is 1. The minimum Gasteiger partial charge on any atom is -0.462 e. The smallest absolute Gasteiger partial charge is 0.340 e. The maximum Gasteiger partial charge on any atom is 0.340 e. The normalized spacial score (nSPS) is 10.3. The van der Waals surface area contributed by atoms with Crippen LogP contribution in [0.5, 0.6) is 0 Å². The molecule has 0 aliphatic carbocycles. The van der Waals surface area contributed by atoms with E-state index in [2.05, 4.69) is 15.4 Å². The summed E-state index contributed by atoms with van der Waals surface area (Å²) >= 11 is 0. The van der Waals surface area contributed by atoms with E-state index in [1.165, 1.54) is 6.20 Å². The third kappa shape index (κ3) is 3.25. The number of nitrogens with two attached hydrogens (primary N) is 1. The number of ether oxygens (including phenoxy) is 1. The van der Waals surface area contributed by atoms with E-state index >= 15 is 0 Å². The highest BCUT2D eigenvalue weighted by atomic mass is 16.5. The highest BCUT2D eigenvalue weighted by molar-refractivity contribution is 5.95. The number of nitrogen functional groups attached to an aromatic ring is 1. The van der Waals surface area contributed by atoms with Gasteiger partial charge >= 0.3 is 5.97 Å². The zero-order valence-electron chi connectivity index (χ0n) is 11.5. The van der Waals surface area contributed by atoms with Gasteiger partial charge < -0.3 is 15.8 Å². The van der Waals surface area contributed by atoms with Crippen molar-refractivity contribution in [2.45, 2.75) is 13.5 Å². The Morgan fingerprint density at radius 3 is 3.00 bits per heavy atom. The fraction of sp³-hybridized carbons (Fsp3) is 0.308. The molecule has 0 radical (unpaired) electrons. The van der Waals surface area contributed by atoms with Gasteiger partial charge in [-0.1, -0.05) is 0 Å². The zero-order chi connectivity index (χ0) is 14.5. The average molecular weight is 275 g/mol. The minimum atomic E-state index is -0.451. The number of nitrogens with zero attached hydrogens (tertiary/aromatic N) is 3. The number of rotatable bonds is 5. The first-order valence-corrected chi connectivity index (χ1v) is 6.25. The molecule has 0 amide bonds. The van der Waals surface area contributed by atoms with E-state index in [1.807, 2.05) is 19.3 Å². The van der Waals surface area contributed by atoms with Crippen molar-refractivity contribution >= 4 is 17.5 Å². The lowest BCUT2D eigenvalue weighted by atomic mass is 10.2. The molecule has 2 rings (SSSR count). The third-order valence-electron chi connectivity index (χ3n) is 2.65. The quantitative estimate of drug-likeness (QED) is 0.796. The van der Waals surface area contributed by atoms with Crippen LogP contribution in [0.4, 0.5) is 11.5 Å². The van der Waals surface area contributed by atoms with Gasteiger partial charge in [0.05, 0.1) is 36.3 Å². The third-order valence-corrected chi connectivity index (χ3v) is 2.65. The molecule has 0 spiro atoms. The Bertz CT molecular complexity index is 609. The first kappa shape index (κ1) is 13.9. The maximum absolute atomic E-state index is 11.7. The summed E-state index contributed by atoms with van der Waals surface area (Å²) in [5, 5.41) is 7.33. The summed E-state index contributed by atoms with van der Waals surface area (Å²) in [5.41, 5.74) is 7.21. The second kappa shape index (κ2) is 6.05. The number of hydrogen-bond acceptors (Lipinski definition) is 6. The first-order chi connectivity index (χ1) is 9.60. The molecule has 0 aromatic carbocycles. The molecule has 3 N–H and O–H groups in total. The molecule has 2 heterocycles. The molecule has 106 valence electrons. The van der Waals surface area contributed by atoms with E-state index in [0.717, 1.165) is 5.69 Å². The van der Waals surface area contributed by atoms with Crippen LogP contribution >= 0.6 is 0 Å². The van der Waals surface area contributed by atoms with Crippen molar-refractivity contribution in [3.8, 4) is 0 Å². The summed E-state index contributed by atoms with van der Waals surface area (Å²) in [7, 11) is 1.85. The number of pyridine rings is 1. The van der Waals surface area contributed by atoms with Gasteiger partial charge in [-0.15, -0.1) is 0 Å². The lowest BCUT2D eigenvalue weighted by Gasteiger charge is -2.08. The maximum atomic E-state index is 11.7. The van der Waals surface area contributed by atoms with Crippen LogP contribution in [-0.4, -0.2) is 27.3 Å². The van der Waals surface area contributed by atoms with Crippen molar-refractivity contribution in [3.05, 3.63) is 35.8 Å². The van der Waals surface area contributed by atoms with Crippen LogP contribution in [0.25, 0.3) is 0 Å². The molecular weight excluding hydrogens is 258 g/mol. The Kier molecular flexibility index (Phi) is 4.19. The molecule has 0 saturated carbocycles. The lowest BCUT2D eigenvalue weighted by molar-refractivity contribution is 0.0527. The summed E-state index contributed by atoms with van der Waals surface area (Å²) < 4.78 is 6.66. The van der Waals surface area contributed by atoms with Crippen LogP contribution in [0.2, 0.25) is 0 Å². The summed E-state index contributed by atoms with van der Waals surface area (Å²) in [4.78, 5) is 15.8. The standard InChI is InChI=1S/C13H17N5O2/c1-3-20-13(19)10-6-12(16-8-11(10)14)15-7-9-4-5-18(2)17-9/h4-6,8H,3,7,14H2,1-2H3,(H,15,16). The molecule has 7 nitrogen and oxygen atoms in total. The van der Waals surface area contributed by atoms with E-state index in [4.69, 9.17) is 10.5 Å². The highest BCUT2D eigenvalue weighted by Gasteiger charge is 2.12. The Hall–Kier alpha value is -2.57. The van der Waals surface area contributed by atoms with Gasteiger partial charge in [0.2, 0.25) is 0 Å². The predicted molar refractivity (Wildman–Crippen MR) is 75.1 cm³/mol. The molecule has 20 heavy (non-hydrogen) atoms. The molecule has 0 atom stereocenters. The number of esters is 1. The van der Waals surface area contributed by atoms with Crippen LogP contribution in [0.1, 0.15) is 23.0 Å². The SMILES string of the molecule is CCOC(=O)c1cc(NCc2ccn(C)n2)ncc1N. The van der Waals surface area contributed by atoms with Crippen LogP contribution in [-0.2, 0) is 18.3 Å². The Labute approximate surface area is 116 Å². The van der Waals surface area contributed by atoms with Crippen LogP contribution in [0.3, 0.4) is 0 Å². The average Bonchev–Trinajstić information content (AvgIpc) is 2.84. The number of nitrogens with one attached hydrogen (secondary N) is 1. The molecule has 0 saturated heterocycles. The van der Waals surface area contributed by atoms with Crippen molar-refractivity contribution < 1.29 is 9.53 Å². The van der Waals surface area contributed by atoms with E-state index in [-0.39, 0.29) is 0 Å². The minimum absolute atomic E-state index is 0.298. The fourth-order valence-electron chi connectivity index (χ4n) is 1.69. The van der Waals surface area contributed by atoms with Crippen molar-refractivity contribution in [3.63, 3.8) is 0 Å². The molecule has 0 aliphatic rings. The van der Waals surface area contributed by atoms with Gasteiger partial charge in [-0.2, -0.15) is 5.10 Å². The molecular formula is C13H17N5O2. The molecule has 2 aromatic rings. The van der Waals surface area contributed by atoms with Gasteiger partial charge in [-0.25, -0.2) is 9.78 Å². The van der Waals surface area contributed by atoms with Crippen molar-refractivity contribution in [2.24, 2.45) is 7.05 Å². The monoisotopic (exact) mass is 275 g/mol. The predicted octanol–water partition coefficient (Wildman–Crippen LogP) is 1.19. The Balaban J connectivity index is 2.08. The van der Waals surface area contributed by atoms with Crippen LogP contribution in [0.15, 0.2) is 24.5 Å². The van der Waals surface area contributed by atoms with Gasteiger partial charge in [0.15, 0.2) is 0 Å². The summed E-state index contributed by atoms with van der Waals surface area (Å²) in [5.74, 6) is 0.0983. The van der Waals surface area contributed by atoms with E-state index in [1.54, 1.807) is 17.7 Å². The van der Waals surface area contributed by atoms with Gasteiger partial charge in [0, 0.05) is 13.2 Å². The number of anilines is 2. The Morgan fingerprint density at radius 1 is 1.55 bits per heavy atom. The Morgan fingerprint density at radius 2 is 2.35 bits per heavy atom. The molecule has 0 aliphatic heterocycles. The highest BCUT2D eigenvalue weighted by Crippen LogP contribution is 2.16. The van der Waals surface area contributed by atoms with Gasteiger partial charge in [-0.3, -0.25) is 4.68 Å². The zero-order valence-corrected chi connectivity index (χ0v) is 11.5. The van der Waals surface area contributed by atoms with Crippen molar-refractivity contribution in [1.29, 1.82) is 0 Å². The van der Waals surface area contributed by atoms with Gasteiger partial charge in [0.25, 0.3) is 0 Å². The van der Waals surface area contributed by atoms with E-state index < -0.39 is 5.97 Å².